The second-order valence-electron chi connectivity index (χ2n) is 31.9. The van der Waals surface area contributed by atoms with Crippen molar-refractivity contribution in [3.63, 3.8) is 0 Å². The molecule has 4 aromatic carbocycles. The first kappa shape index (κ1) is 67.7. The van der Waals surface area contributed by atoms with Gasteiger partial charge in [0, 0.05) is 32.3 Å². The molecule has 85 heavy (non-hydrogen) atoms. The summed E-state index contributed by atoms with van der Waals surface area (Å²) in [5, 5.41) is 6.65. The van der Waals surface area contributed by atoms with Gasteiger partial charge in [0.1, 0.15) is 0 Å². The summed E-state index contributed by atoms with van der Waals surface area (Å²) in [7, 11) is -14.6. The van der Waals surface area contributed by atoms with Crippen LogP contribution in [0.5, 0.6) is 0 Å². The molecule has 0 amide bonds. The van der Waals surface area contributed by atoms with Crippen molar-refractivity contribution in [1.29, 1.82) is 0 Å². The van der Waals surface area contributed by atoms with Crippen molar-refractivity contribution in [2.45, 2.75) is 223 Å². The Kier molecular flexibility index (Phi) is 23.9. The van der Waals surface area contributed by atoms with Crippen LogP contribution >= 0.6 is 0 Å². The molecule has 456 valence electrons. The third-order valence-corrected chi connectivity index (χ3v) is 63.3. The molecule has 4 unspecified atom stereocenters. The van der Waals surface area contributed by atoms with E-state index in [1.165, 1.54) is 98.2 Å². The molecule has 0 aliphatic heterocycles. The zero-order valence-electron chi connectivity index (χ0n) is 55.7. The molecule has 4 aliphatic carbocycles. The maximum atomic E-state index is 2.81. The fourth-order valence-corrected chi connectivity index (χ4v) is 59.6. The molecule has 0 nitrogen and oxygen atoms in total. The number of benzene rings is 4. The van der Waals surface area contributed by atoms with Crippen LogP contribution in [0, 0.1) is 0 Å². The minimum atomic E-state index is -1.75. The van der Waals surface area contributed by atoms with Gasteiger partial charge >= 0.3 is 0 Å². The van der Waals surface area contributed by atoms with E-state index in [1.54, 1.807) is 44.9 Å². The lowest BCUT2D eigenvalue weighted by Gasteiger charge is -2.39. The quantitative estimate of drug-likeness (QED) is 0.0398. The lowest BCUT2D eigenvalue weighted by atomic mass is 10.4. The van der Waals surface area contributed by atoms with Crippen molar-refractivity contribution in [3.8, 4) is 0 Å². The molecule has 0 N–H and O–H groups in total. The highest BCUT2D eigenvalue weighted by Crippen LogP contribution is 2.44. The molecule has 4 aromatic rings. The van der Waals surface area contributed by atoms with Crippen LogP contribution < -0.4 is 20.7 Å². The van der Waals surface area contributed by atoms with Gasteiger partial charge in [-0.25, -0.2) is 0 Å². The molecule has 4 aliphatic rings. The van der Waals surface area contributed by atoms with Gasteiger partial charge in [-0.05, 0) is 22.2 Å². The van der Waals surface area contributed by atoms with E-state index in [1.807, 2.05) is 0 Å². The summed E-state index contributed by atoms with van der Waals surface area (Å²) in [6, 6.07) is 71.3. The molecule has 0 bridgehead atoms. The van der Waals surface area contributed by atoms with Gasteiger partial charge in [0.25, 0.3) is 0 Å². The molecule has 0 heterocycles. The molecule has 9 heteroatoms. The van der Waals surface area contributed by atoms with Gasteiger partial charge in [-0.1, -0.05) is 440 Å². The largest absolute Gasteiger partial charge is 0.0938 e. The molecule has 0 saturated carbocycles. The lowest BCUT2D eigenvalue weighted by Crippen LogP contribution is -2.49. The molecule has 0 radical (unpaired) electrons. The van der Waals surface area contributed by atoms with E-state index in [4.69, 9.17) is 0 Å². The Bertz CT molecular complexity index is 2500. The van der Waals surface area contributed by atoms with E-state index in [9.17, 15) is 0 Å². The van der Waals surface area contributed by atoms with Gasteiger partial charge in [0.2, 0.25) is 0 Å². The number of rotatable bonds is 36. The second-order valence-corrected chi connectivity index (χ2v) is 76.5. The molecule has 0 saturated heterocycles. The Hall–Kier alpha value is -3.25. The highest BCUT2D eigenvalue weighted by molar-refractivity contribution is 6.96. The standard InChI is InChI=1S/C76H116Si9/c1-77(2,61-65-81(9,73-45-25-26-46-73)69-37-17-13-18-38-69)53-33-57-85(58-34-54-78(3,4)62-66-82(10,74-47-27-28-48-74)70-39-19-14-20-40-70,59-35-55-79(5,6)63-67-83(11,75-49-29-30-50-75)71-41-21-15-22-42-71)60-36-56-80(7,8)64-68-84(12,76-51-31-32-52-76)72-43-23-16-24-44-72/h13-32,37-52,73-76H,33-36,53-68H2,1-12H3. The topological polar surface area (TPSA) is 0 Å². The fourth-order valence-electron chi connectivity index (χ4n) is 16.1. The third kappa shape index (κ3) is 18.5. The second kappa shape index (κ2) is 30.0. The van der Waals surface area contributed by atoms with Gasteiger partial charge in [0.15, 0.2) is 0 Å². The summed E-state index contributed by atoms with van der Waals surface area (Å²) >= 11 is 0. The first-order valence-electron chi connectivity index (χ1n) is 34.1. The minimum absolute atomic E-state index is 0.621. The summed E-state index contributed by atoms with van der Waals surface area (Å²) in [5.74, 6) is 0. The van der Waals surface area contributed by atoms with Crippen molar-refractivity contribution >= 4 is 93.4 Å². The molecular formula is C76H116Si9. The van der Waals surface area contributed by atoms with E-state index in [-0.39, 0.29) is 0 Å². The van der Waals surface area contributed by atoms with Gasteiger partial charge < -0.3 is 0 Å². The summed E-state index contributed by atoms with van der Waals surface area (Å²) in [6.45, 7) is 33.4. The first-order chi connectivity index (χ1) is 40.5. The third-order valence-electron chi connectivity index (χ3n) is 23.2. The summed E-state index contributed by atoms with van der Waals surface area (Å²) in [4.78, 5) is 0. The van der Waals surface area contributed by atoms with Gasteiger partial charge in [-0.3, -0.25) is 0 Å². The Balaban J connectivity index is 1.03. The van der Waals surface area contributed by atoms with E-state index in [0.29, 0.717) is 22.2 Å². The highest BCUT2D eigenvalue weighted by Gasteiger charge is 2.44. The van der Waals surface area contributed by atoms with E-state index < -0.39 is 72.7 Å². The van der Waals surface area contributed by atoms with Crippen LogP contribution in [0.15, 0.2) is 219 Å². The van der Waals surface area contributed by atoms with Gasteiger partial charge in [-0.2, -0.15) is 0 Å². The first-order valence-corrected chi connectivity index (χ1v) is 61.7. The number of hydrogen-bond acceptors (Lipinski definition) is 0. The van der Waals surface area contributed by atoms with Crippen molar-refractivity contribution in [1.82, 2.24) is 0 Å². The van der Waals surface area contributed by atoms with Gasteiger partial charge in [-0.15, -0.1) is 0 Å². The van der Waals surface area contributed by atoms with E-state index in [2.05, 4.69) is 297 Å². The predicted molar refractivity (Wildman–Crippen MR) is 410 cm³/mol. The van der Waals surface area contributed by atoms with Crippen LogP contribution in [0.1, 0.15) is 25.7 Å². The Morgan fingerprint density at radius 1 is 0.212 bits per heavy atom. The number of hydrogen-bond donors (Lipinski definition) is 0. The average molecular weight is 1280 g/mol. The van der Waals surface area contributed by atoms with E-state index >= 15 is 0 Å². The predicted octanol–water partition coefficient (Wildman–Crippen LogP) is 21.8. The maximum Gasteiger partial charge on any atom is 0.0938 e. The van der Waals surface area contributed by atoms with Crippen LogP contribution in [0.3, 0.4) is 0 Å². The fraction of sp³-hybridized carbons (Fsp3) is 0.474. The summed E-state index contributed by atoms with van der Waals surface area (Å²) in [5.41, 5.74) is 2.48. The molecule has 8 rings (SSSR count). The van der Waals surface area contributed by atoms with Crippen LogP contribution in [0.4, 0.5) is 0 Å². The zero-order valence-corrected chi connectivity index (χ0v) is 64.7. The van der Waals surface area contributed by atoms with Crippen molar-refractivity contribution in [2.24, 2.45) is 0 Å². The van der Waals surface area contributed by atoms with Crippen molar-refractivity contribution in [3.05, 3.63) is 219 Å². The van der Waals surface area contributed by atoms with Crippen LogP contribution in [0.25, 0.3) is 0 Å². The Morgan fingerprint density at radius 2 is 0.388 bits per heavy atom. The molecule has 4 atom stereocenters. The van der Waals surface area contributed by atoms with Crippen LogP contribution in [0.2, 0.25) is 197 Å². The van der Waals surface area contributed by atoms with Crippen LogP contribution in [-0.4, -0.2) is 72.7 Å². The lowest BCUT2D eigenvalue weighted by molar-refractivity contribution is 0.857. The smallest absolute Gasteiger partial charge is 0.0800 e. The normalized spacial score (nSPS) is 19.4. The SMILES string of the molecule is C[Si](C)(CCC[Si](CCC[Si](C)(C)CC[Si](C)(c1ccccc1)C1C=CC=C1)(CCC[Si](C)(C)CC[Si](C)(c1ccccc1)C1C=CC=C1)CCC[Si](C)(C)CC[Si](C)(c1ccccc1)C1C=CC=C1)CC[Si](C)(c1ccccc1)C1C=CC=C1. The Labute approximate surface area is 530 Å². The summed E-state index contributed by atoms with van der Waals surface area (Å²) in [6.07, 6.45) is 45.0. The number of allylic oxidation sites excluding steroid dienone is 16. The molecular weight excluding hydrogens is 1170 g/mol. The monoisotopic (exact) mass is 1280 g/mol. The van der Waals surface area contributed by atoms with Crippen molar-refractivity contribution < 1.29 is 0 Å². The maximum absolute atomic E-state index is 2.81. The molecule has 0 aromatic heterocycles. The summed E-state index contributed by atoms with van der Waals surface area (Å²) < 4.78 is 0. The highest BCUT2D eigenvalue weighted by atomic mass is 28.3. The molecule has 0 spiro atoms. The average Bonchev–Trinajstić information content (AvgIpc) is 3.38. The Morgan fingerprint density at radius 3 is 0.565 bits per heavy atom. The van der Waals surface area contributed by atoms with Gasteiger partial charge in [0.05, 0.1) is 40.4 Å². The van der Waals surface area contributed by atoms with E-state index in [0.717, 1.165) is 0 Å². The zero-order chi connectivity index (χ0) is 60.7. The minimum Gasteiger partial charge on any atom is -0.0800 e. The van der Waals surface area contributed by atoms with Crippen molar-refractivity contribution in [2.75, 3.05) is 0 Å². The van der Waals surface area contributed by atoms with Crippen LogP contribution in [-0.2, 0) is 0 Å². The molecule has 0 fully saturated rings.